The van der Waals surface area contributed by atoms with Crippen LogP contribution >= 0.6 is 0 Å². The summed E-state index contributed by atoms with van der Waals surface area (Å²) < 4.78 is 10.6. The summed E-state index contributed by atoms with van der Waals surface area (Å²) in [4.78, 5) is 12.1. The predicted octanol–water partition coefficient (Wildman–Crippen LogP) is 3.61. The Morgan fingerprint density at radius 3 is 2.40 bits per heavy atom. The summed E-state index contributed by atoms with van der Waals surface area (Å²) in [5.74, 6) is 0.358. The van der Waals surface area contributed by atoms with Gasteiger partial charge in [0.05, 0.1) is 12.7 Å². The van der Waals surface area contributed by atoms with Crippen molar-refractivity contribution in [2.24, 2.45) is 0 Å². The number of hydrogen-bond acceptors (Lipinski definition) is 3. The maximum absolute atomic E-state index is 12.1. The fourth-order valence-electron chi connectivity index (χ4n) is 1.76. The fraction of sp³-hybridized carbons (Fsp3) is 0.118. The molecule has 0 atom stereocenters. The van der Waals surface area contributed by atoms with Gasteiger partial charge in [-0.2, -0.15) is 0 Å². The molecule has 0 bridgehead atoms. The summed E-state index contributed by atoms with van der Waals surface area (Å²) in [5.41, 5.74) is 1.50. The van der Waals surface area contributed by atoms with Crippen LogP contribution in [-0.4, -0.2) is 12.9 Å². The molecule has 0 amide bonds. The maximum Gasteiger partial charge on any atom is 0.230 e. The first-order chi connectivity index (χ1) is 9.72. The number of para-hydroxylation sites is 1. The number of rotatable bonds is 6. The third kappa shape index (κ3) is 3.26. The van der Waals surface area contributed by atoms with Crippen LogP contribution in [0.4, 0.5) is 0 Å². The highest BCUT2D eigenvalue weighted by Crippen LogP contribution is 2.22. The van der Waals surface area contributed by atoms with E-state index in [0.29, 0.717) is 17.9 Å². The third-order valence-electron chi connectivity index (χ3n) is 2.87. The topological polar surface area (TPSA) is 35.5 Å². The molecule has 0 aliphatic rings. The zero-order chi connectivity index (χ0) is 14.4. The van der Waals surface area contributed by atoms with E-state index in [-0.39, 0.29) is 11.5 Å². The van der Waals surface area contributed by atoms with Crippen molar-refractivity contribution < 1.29 is 14.3 Å². The molecule has 3 nitrogen and oxygen atoms in total. The first kappa shape index (κ1) is 13.9. The lowest BCUT2D eigenvalue weighted by molar-refractivity contribution is 0.0951. The number of methoxy groups -OCH3 is 1. The summed E-state index contributed by atoms with van der Waals surface area (Å²) >= 11 is 0. The number of ether oxygens (including phenoxy) is 2. The Morgan fingerprint density at radius 1 is 1.05 bits per heavy atom. The summed E-state index contributed by atoms with van der Waals surface area (Å²) in [5, 5.41) is 0. The molecule has 20 heavy (non-hydrogen) atoms. The molecule has 0 saturated heterocycles. The van der Waals surface area contributed by atoms with E-state index in [4.69, 9.17) is 9.47 Å². The third-order valence-corrected chi connectivity index (χ3v) is 2.87. The molecule has 0 aromatic heterocycles. The van der Waals surface area contributed by atoms with E-state index in [9.17, 15) is 4.79 Å². The van der Waals surface area contributed by atoms with Crippen molar-refractivity contribution in [3.8, 4) is 5.75 Å². The molecular weight excluding hydrogens is 252 g/mol. The standard InChI is InChI=1S/C17H16O3/c1-13(19-2)17(18)15-10-6-7-11-16(15)20-12-14-8-4-3-5-9-14/h3-11H,1,12H2,2H3. The minimum Gasteiger partial charge on any atom is -0.493 e. The highest BCUT2D eigenvalue weighted by Gasteiger charge is 2.15. The molecular formula is C17H16O3. The van der Waals surface area contributed by atoms with E-state index in [2.05, 4.69) is 6.58 Å². The van der Waals surface area contributed by atoms with Gasteiger partial charge in [0.25, 0.3) is 0 Å². The molecule has 102 valence electrons. The van der Waals surface area contributed by atoms with E-state index in [0.717, 1.165) is 5.56 Å². The number of hydrogen-bond donors (Lipinski definition) is 0. The second-order valence-electron chi connectivity index (χ2n) is 4.23. The maximum atomic E-state index is 12.1. The SMILES string of the molecule is C=C(OC)C(=O)c1ccccc1OCc1ccccc1. The van der Waals surface area contributed by atoms with Crippen LogP contribution in [0.5, 0.6) is 5.75 Å². The van der Waals surface area contributed by atoms with Crippen LogP contribution in [-0.2, 0) is 11.3 Å². The summed E-state index contributed by atoms with van der Waals surface area (Å²) in [7, 11) is 1.42. The normalized spacial score (nSPS) is 9.85. The van der Waals surface area contributed by atoms with Gasteiger partial charge in [0.15, 0.2) is 5.76 Å². The number of ketones is 1. The highest BCUT2D eigenvalue weighted by atomic mass is 16.5. The van der Waals surface area contributed by atoms with Crippen LogP contribution in [0.2, 0.25) is 0 Å². The first-order valence-electron chi connectivity index (χ1n) is 6.25. The number of carbonyl (C=O) groups excluding carboxylic acids is 1. The average Bonchev–Trinajstić information content (AvgIpc) is 2.52. The predicted molar refractivity (Wildman–Crippen MR) is 77.7 cm³/mol. The lowest BCUT2D eigenvalue weighted by Gasteiger charge is -2.11. The molecule has 2 aromatic rings. The second kappa shape index (κ2) is 6.57. The van der Waals surface area contributed by atoms with E-state index in [1.807, 2.05) is 36.4 Å². The van der Waals surface area contributed by atoms with Crippen molar-refractivity contribution in [1.82, 2.24) is 0 Å². The zero-order valence-electron chi connectivity index (χ0n) is 11.3. The molecule has 3 heteroatoms. The Morgan fingerprint density at radius 2 is 1.70 bits per heavy atom. The molecule has 0 fully saturated rings. The molecule has 2 aromatic carbocycles. The largest absolute Gasteiger partial charge is 0.493 e. The summed E-state index contributed by atoms with van der Waals surface area (Å²) in [6.07, 6.45) is 0. The van der Waals surface area contributed by atoms with Crippen LogP contribution in [0.15, 0.2) is 66.9 Å². The van der Waals surface area contributed by atoms with Crippen LogP contribution in [0.3, 0.4) is 0 Å². The summed E-state index contributed by atoms with van der Waals surface area (Å²) in [6.45, 7) is 3.99. The van der Waals surface area contributed by atoms with Crippen LogP contribution in [0, 0.1) is 0 Å². The highest BCUT2D eigenvalue weighted by molar-refractivity contribution is 6.08. The van der Waals surface area contributed by atoms with Gasteiger partial charge in [-0.1, -0.05) is 49.0 Å². The van der Waals surface area contributed by atoms with E-state index in [1.54, 1.807) is 18.2 Å². The molecule has 2 rings (SSSR count). The molecule has 0 radical (unpaired) electrons. The van der Waals surface area contributed by atoms with Crippen LogP contribution in [0.25, 0.3) is 0 Å². The minimum atomic E-state index is -0.267. The number of Topliss-reactive ketones (excluding diaryl/α,β-unsaturated/α-hetero) is 1. The van der Waals surface area contributed by atoms with E-state index >= 15 is 0 Å². The van der Waals surface area contributed by atoms with Gasteiger partial charge < -0.3 is 9.47 Å². The van der Waals surface area contributed by atoms with Crippen LogP contribution in [0.1, 0.15) is 15.9 Å². The second-order valence-corrected chi connectivity index (χ2v) is 4.23. The van der Waals surface area contributed by atoms with Crippen molar-refractivity contribution in [3.63, 3.8) is 0 Å². The zero-order valence-corrected chi connectivity index (χ0v) is 11.3. The molecule has 0 spiro atoms. The molecule has 0 aliphatic carbocycles. The van der Waals surface area contributed by atoms with Crippen molar-refractivity contribution in [2.45, 2.75) is 6.61 Å². The Kier molecular flexibility index (Phi) is 4.56. The molecule has 0 N–H and O–H groups in total. The van der Waals surface area contributed by atoms with Crippen molar-refractivity contribution >= 4 is 5.78 Å². The van der Waals surface area contributed by atoms with Crippen molar-refractivity contribution in [2.75, 3.05) is 7.11 Å². The van der Waals surface area contributed by atoms with E-state index < -0.39 is 0 Å². The van der Waals surface area contributed by atoms with Gasteiger partial charge in [0, 0.05) is 0 Å². The fourth-order valence-corrected chi connectivity index (χ4v) is 1.76. The van der Waals surface area contributed by atoms with Crippen LogP contribution < -0.4 is 4.74 Å². The summed E-state index contributed by atoms with van der Waals surface area (Å²) in [6, 6.07) is 16.9. The van der Waals surface area contributed by atoms with Gasteiger partial charge in [-0.05, 0) is 17.7 Å². The Labute approximate surface area is 118 Å². The molecule has 0 unspecified atom stereocenters. The van der Waals surface area contributed by atoms with Crippen molar-refractivity contribution in [3.05, 3.63) is 78.1 Å². The van der Waals surface area contributed by atoms with Gasteiger partial charge in [-0.15, -0.1) is 0 Å². The molecule has 0 aliphatic heterocycles. The van der Waals surface area contributed by atoms with Gasteiger partial charge >= 0.3 is 0 Å². The first-order valence-corrected chi connectivity index (χ1v) is 6.25. The van der Waals surface area contributed by atoms with Gasteiger partial charge in [0.1, 0.15) is 12.4 Å². The van der Waals surface area contributed by atoms with Gasteiger partial charge in [-0.25, -0.2) is 0 Å². The van der Waals surface area contributed by atoms with Crippen molar-refractivity contribution in [1.29, 1.82) is 0 Å². The number of carbonyl (C=O) groups is 1. The van der Waals surface area contributed by atoms with Gasteiger partial charge in [0.2, 0.25) is 5.78 Å². The quantitative estimate of drug-likeness (QED) is 0.456. The van der Waals surface area contributed by atoms with E-state index in [1.165, 1.54) is 7.11 Å². The van der Waals surface area contributed by atoms with Gasteiger partial charge in [-0.3, -0.25) is 4.79 Å². The minimum absolute atomic E-state index is 0.0979. The lowest BCUT2D eigenvalue weighted by atomic mass is 10.1. The average molecular weight is 268 g/mol. The Bertz CT molecular complexity index is 603. The number of benzene rings is 2. The molecule has 0 heterocycles. The monoisotopic (exact) mass is 268 g/mol. The number of allylic oxidation sites excluding steroid dienone is 1. The smallest absolute Gasteiger partial charge is 0.230 e. The Balaban J connectivity index is 2.16. The molecule has 0 saturated carbocycles. The Hall–Kier alpha value is -2.55. The lowest BCUT2D eigenvalue weighted by Crippen LogP contribution is -2.07.